The molecule has 1 aromatic rings. The first-order valence-corrected chi connectivity index (χ1v) is 6.44. The van der Waals surface area contributed by atoms with Gasteiger partial charge in [0.25, 0.3) is 0 Å². The maximum atomic E-state index is 12.0. The third-order valence-electron chi connectivity index (χ3n) is 2.53. The predicted molar refractivity (Wildman–Crippen MR) is 58.3 cm³/mol. The summed E-state index contributed by atoms with van der Waals surface area (Å²) in [5, 5.41) is -0.604. The number of hydrogen-bond acceptors (Lipinski definition) is 5. The van der Waals surface area contributed by atoms with Gasteiger partial charge in [-0.1, -0.05) is 0 Å². The van der Waals surface area contributed by atoms with Crippen molar-refractivity contribution in [3.05, 3.63) is 18.2 Å². The Morgan fingerprint density at radius 2 is 2.06 bits per heavy atom. The second-order valence-electron chi connectivity index (χ2n) is 3.61. The molecule has 88 valence electrons. The molecule has 0 radical (unpaired) electrons. The SMILES string of the molecule is CC(CN)S(=O)(=O)c1ccc2c(c1)OCO2. The molecule has 5 nitrogen and oxygen atoms in total. The zero-order chi connectivity index (χ0) is 11.8. The van der Waals surface area contributed by atoms with Crippen LogP contribution in [0.4, 0.5) is 0 Å². The van der Waals surface area contributed by atoms with Gasteiger partial charge in [0, 0.05) is 12.6 Å². The topological polar surface area (TPSA) is 78.6 Å². The highest BCUT2D eigenvalue weighted by Gasteiger charge is 2.24. The van der Waals surface area contributed by atoms with Gasteiger partial charge in [0.05, 0.1) is 10.1 Å². The molecule has 2 rings (SSSR count). The summed E-state index contributed by atoms with van der Waals surface area (Å²) in [6.07, 6.45) is 0. The second kappa shape index (κ2) is 3.95. The van der Waals surface area contributed by atoms with Gasteiger partial charge in [-0.3, -0.25) is 0 Å². The fourth-order valence-corrected chi connectivity index (χ4v) is 2.66. The number of benzene rings is 1. The minimum Gasteiger partial charge on any atom is -0.454 e. The van der Waals surface area contributed by atoms with Crippen LogP contribution < -0.4 is 15.2 Å². The monoisotopic (exact) mass is 243 g/mol. The summed E-state index contributed by atoms with van der Waals surface area (Å²) < 4.78 is 34.2. The number of nitrogens with two attached hydrogens (primary N) is 1. The van der Waals surface area contributed by atoms with E-state index in [-0.39, 0.29) is 18.2 Å². The van der Waals surface area contributed by atoms with Crippen LogP contribution in [0.25, 0.3) is 0 Å². The van der Waals surface area contributed by atoms with Crippen molar-refractivity contribution >= 4 is 9.84 Å². The van der Waals surface area contributed by atoms with E-state index in [4.69, 9.17) is 15.2 Å². The Kier molecular flexibility index (Phi) is 2.77. The number of hydrogen-bond donors (Lipinski definition) is 1. The average Bonchev–Trinajstić information content (AvgIpc) is 2.74. The van der Waals surface area contributed by atoms with E-state index in [1.807, 2.05) is 0 Å². The summed E-state index contributed by atoms with van der Waals surface area (Å²) in [5.41, 5.74) is 5.37. The zero-order valence-electron chi connectivity index (χ0n) is 8.84. The molecule has 0 fully saturated rings. The standard InChI is InChI=1S/C10H13NO4S/c1-7(5-11)16(12,13)8-2-3-9-10(4-8)15-6-14-9/h2-4,7H,5-6,11H2,1H3. The molecule has 6 heteroatoms. The lowest BCUT2D eigenvalue weighted by Gasteiger charge is -2.10. The normalized spacial score (nSPS) is 16.1. The van der Waals surface area contributed by atoms with Gasteiger partial charge in [-0.15, -0.1) is 0 Å². The Labute approximate surface area is 94.1 Å². The molecule has 1 aromatic carbocycles. The molecule has 1 atom stereocenters. The highest BCUT2D eigenvalue weighted by Crippen LogP contribution is 2.34. The van der Waals surface area contributed by atoms with Crippen LogP contribution in [0.5, 0.6) is 11.5 Å². The van der Waals surface area contributed by atoms with E-state index in [0.717, 1.165) is 0 Å². The molecule has 16 heavy (non-hydrogen) atoms. The van der Waals surface area contributed by atoms with Crippen molar-refractivity contribution in [1.29, 1.82) is 0 Å². The molecule has 0 aliphatic carbocycles. The largest absolute Gasteiger partial charge is 0.454 e. The van der Waals surface area contributed by atoms with Crippen molar-refractivity contribution in [2.24, 2.45) is 5.73 Å². The van der Waals surface area contributed by atoms with Gasteiger partial charge < -0.3 is 15.2 Å². The molecule has 1 aliphatic heterocycles. The van der Waals surface area contributed by atoms with E-state index in [1.54, 1.807) is 13.0 Å². The van der Waals surface area contributed by atoms with Gasteiger partial charge in [0.2, 0.25) is 6.79 Å². The number of rotatable bonds is 3. The van der Waals surface area contributed by atoms with Gasteiger partial charge in [-0.05, 0) is 19.1 Å². The van der Waals surface area contributed by atoms with Crippen molar-refractivity contribution < 1.29 is 17.9 Å². The molecule has 0 aromatic heterocycles. The Morgan fingerprint density at radius 3 is 2.75 bits per heavy atom. The molecule has 0 saturated heterocycles. The number of ether oxygens (including phenoxy) is 2. The lowest BCUT2D eigenvalue weighted by Crippen LogP contribution is -2.26. The number of fused-ring (bicyclic) bond motifs is 1. The predicted octanol–water partition coefficient (Wildman–Crippen LogP) is 0.536. The molecule has 0 saturated carbocycles. The van der Waals surface area contributed by atoms with E-state index in [9.17, 15) is 8.42 Å². The van der Waals surface area contributed by atoms with Crippen molar-refractivity contribution in [1.82, 2.24) is 0 Å². The first kappa shape index (κ1) is 11.2. The maximum absolute atomic E-state index is 12.0. The molecular weight excluding hydrogens is 230 g/mol. The van der Waals surface area contributed by atoms with Gasteiger partial charge >= 0.3 is 0 Å². The van der Waals surface area contributed by atoms with Gasteiger partial charge in [0.15, 0.2) is 21.3 Å². The fraction of sp³-hybridized carbons (Fsp3) is 0.400. The van der Waals surface area contributed by atoms with Crippen molar-refractivity contribution in [3.8, 4) is 11.5 Å². The average molecular weight is 243 g/mol. The Balaban J connectivity index is 2.42. The third-order valence-corrected chi connectivity index (χ3v) is 4.70. The summed E-state index contributed by atoms with van der Waals surface area (Å²) in [6.45, 7) is 1.81. The second-order valence-corrected chi connectivity index (χ2v) is 5.97. The highest BCUT2D eigenvalue weighted by molar-refractivity contribution is 7.92. The van der Waals surface area contributed by atoms with Crippen LogP contribution in [0.15, 0.2) is 23.1 Å². The van der Waals surface area contributed by atoms with Crippen LogP contribution in [-0.2, 0) is 9.84 Å². The minimum atomic E-state index is -3.37. The van der Waals surface area contributed by atoms with E-state index in [0.29, 0.717) is 11.5 Å². The maximum Gasteiger partial charge on any atom is 0.231 e. The summed E-state index contributed by atoms with van der Waals surface area (Å²) in [7, 11) is -3.37. The Hall–Kier alpha value is -1.27. The number of sulfone groups is 1. The van der Waals surface area contributed by atoms with Crippen LogP contribution >= 0.6 is 0 Å². The summed E-state index contributed by atoms with van der Waals surface area (Å²) >= 11 is 0. The van der Waals surface area contributed by atoms with Gasteiger partial charge in [0.1, 0.15) is 0 Å². The quantitative estimate of drug-likeness (QED) is 0.838. The first-order valence-electron chi connectivity index (χ1n) is 4.89. The fourth-order valence-electron chi connectivity index (χ4n) is 1.41. The van der Waals surface area contributed by atoms with E-state index in [1.165, 1.54) is 12.1 Å². The summed E-state index contributed by atoms with van der Waals surface area (Å²) in [5.74, 6) is 1.03. The summed E-state index contributed by atoms with van der Waals surface area (Å²) in [4.78, 5) is 0.217. The lowest BCUT2D eigenvalue weighted by atomic mass is 10.3. The molecule has 0 amide bonds. The van der Waals surface area contributed by atoms with E-state index < -0.39 is 15.1 Å². The first-order chi connectivity index (χ1) is 7.55. The van der Waals surface area contributed by atoms with E-state index in [2.05, 4.69) is 0 Å². The molecule has 1 heterocycles. The molecule has 1 aliphatic rings. The molecular formula is C10H13NO4S. The van der Waals surface area contributed by atoms with Crippen molar-refractivity contribution in [3.63, 3.8) is 0 Å². The van der Waals surface area contributed by atoms with Crippen LogP contribution in [0.1, 0.15) is 6.92 Å². The molecule has 2 N–H and O–H groups in total. The van der Waals surface area contributed by atoms with E-state index >= 15 is 0 Å². The van der Waals surface area contributed by atoms with Crippen LogP contribution in [0.3, 0.4) is 0 Å². The molecule has 0 spiro atoms. The lowest BCUT2D eigenvalue weighted by molar-refractivity contribution is 0.174. The van der Waals surface area contributed by atoms with Crippen LogP contribution in [0, 0.1) is 0 Å². The van der Waals surface area contributed by atoms with Crippen LogP contribution in [0.2, 0.25) is 0 Å². The van der Waals surface area contributed by atoms with Gasteiger partial charge in [-0.2, -0.15) is 0 Å². The minimum absolute atomic E-state index is 0.0940. The van der Waals surface area contributed by atoms with Crippen LogP contribution in [-0.4, -0.2) is 27.0 Å². The van der Waals surface area contributed by atoms with Crippen molar-refractivity contribution in [2.75, 3.05) is 13.3 Å². The molecule has 1 unspecified atom stereocenters. The van der Waals surface area contributed by atoms with Gasteiger partial charge in [-0.25, -0.2) is 8.42 Å². The van der Waals surface area contributed by atoms with Crippen molar-refractivity contribution in [2.45, 2.75) is 17.1 Å². The third kappa shape index (κ3) is 1.74. The Bertz CT molecular complexity index is 498. The zero-order valence-corrected chi connectivity index (χ0v) is 9.66. The highest BCUT2D eigenvalue weighted by atomic mass is 32.2. The molecule has 0 bridgehead atoms. The smallest absolute Gasteiger partial charge is 0.231 e. The Morgan fingerprint density at radius 1 is 1.38 bits per heavy atom. The summed E-state index contributed by atoms with van der Waals surface area (Å²) in [6, 6.07) is 4.58.